The minimum Gasteiger partial charge on any atom is -0.379 e. The summed E-state index contributed by atoms with van der Waals surface area (Å²) < 4.78 is 31.9. The molecule has 8 nitrogen and oxygen atoms in total. The molecule has 3 rings (SSSR count). The van der Waals surface area contributed by atoms with Gasteiger partial charge in [-0.25, -0.2) is 8.42 Å². The van der Waals surface area contributed by atoms with Gasteiger partial charge in [0.05, 0.1) is 18.1 Å². The molecular formula is C20H20ClN3O5S. The summed E-state index contributed by atoms with van der Waals surface area (Å²) in [6, 6.07) is 12.6. The molecule has 2 aromatic carbocycles. The predicted molar refractivity (Wildman–Crippen MR) is 112 cm³/mol. The summed E-state index contributed by atoms with van der Waals surface area (Å²) in [6.45, 7) is 1.17. The lowest BCUT2D eigenvalue weighted by molar-refractivity contribution is -0.117. The third-order valence-corrected chi connectivity index (χ3v) is 6.56. The Hall–Kier alpha value is -2.72. The summed E-state index contributed by atoms with van der Waals surface area (Å²) in [5.74, 6) is -1.21. The predicted octanol–water partition coefficient (Wildman–Crippen LogP) is 1.84. The number of halogens is 1. The number of hydrazine groups is 1. The van der Waals surface area contributed by atoms with E-state index in [2.05, 4.69) is 10.9 Å². The number of hydrogen-bond donors (Lipinski definition) is 2. The van der Waals surface area contributed by atoms with Crippen molar-refractivity contribution in [2.75, 3.05) is 26.3 Å². The molecule has 0 saturated carbocycles. The average Bonchev–Trinajstić information content (AvgIpc) is 2.77. The Morgan fingerprint density at radius 1 is 1.03 bits per heavy atom. The van der Waals surface area contributed by atoms with Crippen LogP contribution in [0.3, 0.4) is 0 Å². The van der Waals surface area contributed by atoms with Crippen molar-refractivity contribution in [1.29, 1.82) is 0 Å². The van der Waals surface area contributed by atoms with Crippen molar-refractivity contribution >= 4 is 39.5 Å². The van der Waals surface area contributed by atoms with E-state index < -0.39 is 21.8 Å². The van der Waals surface area contributed by atoms with Crippen LogP contribution in [0, 0.1) is 0 Å². The molecule has 0 bridgehead atoms. The van der Waals surface area contributed by atoms with E-state index in [1.807, 2.05) is 0 Å². The van der Waals surface area contributed by atoms with Crippen LogP contribution < -0.4 is 10.9 Å². The molecule has 0 aromatic heterocycles. The molecule has 0 aliphatic carbocycles. The maximum Gasteiger partial charge on any atom is 0.269 e. The van der Waals surface area contributed by atoms with E-state index in [0.29, 0.717) is 23.8 Å². The Kier molecular flexibility index (Phi) is 7.22. The van der Waals surface area contributed by atoms with E-state index in [0.717, 1.165) is 0 Å². The van der Waals surface area contributed by atoms with Gasteiger partial charge in [-0.15, -0.1) is 0 Å². The van der Waals surface area contributed by atoms with E-state index in [4.69, 9.17) is 16.3 Å². The van der Waals surface area contributed by atoms with Gasteiger partial charge in [0.25, 0.3) is 11.8 Å². The molecule has 0 atom stereocenters. The zero-order chi connectivity index (χ0) is 21.6. The van der Waals surface area contributed by atoms with Crippen LogP contribution in [-0.2, 0) is 19.6 Å². The number of hydrogen-bond acceptors (Lipinski definition) is 5. The highest BCUT2D eigenvalue weighted by Gasteiger charge is 2.26. The molecule has 2 N–H and O–H groups in total. The van der Waals surface area contributed by atoms with Crippen LogP contribution >= 0.6 is 11.6 Å². The second kappa shape index (κ2) is 9.86. The van der Waals surface area contributed by atoms with Gasteiger partial charge in [0.15, 0.2) is 0 Å². The number of morpholine rings is 1. The van der Waals surface area contributed by atoms with Gasteiger partial charge in [-0.2, -0.15) is 4.31 Å². The van der Waals surface area contributed by atoms with Crippen molar-refractivity contribution in [1.82, 2.24) is 15.2 Å². The summed E-state index contributed by atoms with van der Waals surface area (Å²) in [5, 5.41) is 0.490. The normalized spacial score (nSPS) is 15.1. The molecule has 2 aromatic rings. The Balaban J connectivity index is 1.62. The maximum atomic E-state index is 12.7. The molecule has 0 radical (unpaired) electrons. The fourth-order valence-electron chi connectivity index (χ4n) is 2.74. The average molecular weight is 450 g/mol. The molecule has 30 heavy (non-hydrogen) atoms. The van der Waals surface area contributed by atoms with Crippen molar-refractivity contribution in [3.05, 3.63) is 70.8 Å². The van der Waals surface area contributed by atoms with Crippen LogP contribution in [0.15, 0.2) is 59.5 Å². The molecule has 10 heteroatoms. The Bertz CT molecular complexity index is 1070. The van der Waals surface area contributed by atoms with Crippen LogP contribution in [-0.4, -0.2) is 50.8 Å². The lowest BCUT2D eigenvalue weighted by Crippen LogP contribution is -2.41. The largest absolute Gasteiger partial charge is 0.379 e. The Morgan fingerprint density at radius 2 is 1.77 bits per heavy atom. The fraction of sp³-hybridized carbons (Fsp3) is 0.200. The van der Waals surface area contributed by atoms with Crippen molar-refractivity contribution in [3.8, 4) is 0 Å². The minimum atomic E-state index is -3.73. The van der Waals surface area contributed by atoms with E-state index >= 15 is 0 Å². The number of ether oxygens (including phenoxy) is 1. The summed E-state index contributed by atoms with van der Waals surface area (Å²) in [4.78, 5) is 24.3. The maximum absolute atomic E-state index is 12.7. The van der Waals surface area contributed by atoms with Crippen LogP contribution in [0.4, 0.5) is 0 Å². The highest BCUT2D eigenvalue weighted by atomic mass is 35.5. The molecule has 1 aliphatic heterocycles. The van der Waals surface area contributed by atoms with Crippen molar-refractivity contribution in [3.63, 3.8) is 0 Å². The summed E-state index contributed by atoms with van der Waals surface area (Å²) >= 11 is 6.01. The van der Waals surface area contributed by atoms with Crippen molar-refractivity contribution in [2.45, 2.75) is 4.90 Å². The van der Waals surface area contributed by atoms with Gasteiger partial charge in [-0.05, 0) is 35.9 Å². The number of benzene rings is 2. The first kappa shape index (κ1) is 22.0. The topological polar surface area (TPSA) is 105 Å². The Labute approximate surface area is 179 Å². The SMILES string of the molecule is O=C(/C=C/c1ccccc1Cl)NNC(=O)c1cccc(S(=O)(=O)N2CCOCC2)c1. The van der Waals surface area contributed by atoms with Gasteiger partial charge in [-0.1, -0.05) is 35.9 Å². The number of sulfonamides is 1. The zero-order valence-electron chi connectivity index (χ0n) is 15.9. The van der Waals surface area contributed by atoms with E-state index in [1.54, 1.807) is 24.3 Å². The molecule has 1 heterocycles. The molecule has 1 saturated heterocycles. The second-order valence-electron chi connectivity index (χ2n) is 6.34. The smallest absolute Gasteiger partial charge is 0.269 e. The number of carbonyl (C=O) groups is 2. The van der Waals surface area contributed by atoms with Gasteiger partial charge < -0.3 is 4.74 Å². The number of nitrogens with zero attached hydrogens (tertiary/aromatic N) is 1. The first-order chi connectivity index (χ1) is 14.4. The quantitative estimate of drug-likeness (QED) is 0.535. The molecule has 158 valence electrons. The minimum absolute atomic E-state index is 0.00184. The summed E-state index contributed by atoms with van der Waals surface area (Å²) in [6.07, 6.45) is 2.74. The number of amides is 2. The molecule has 0 spiro atoms. The van der Waals surface area contributed by atoms with Crippen LogP contribution in [0.5, 0.6) is 0 Å². The van der Waals surface area contributed by atoms with E-state index in [9.17, 15) is 18.0 Å². The van der Waals surface area contributed by atoms with Gasteiger partial charge >= 0.3 is 0 Å². The monoisotopic (exact) mass is 449 g/mol. The zero-order valence-corrected chi connectivity index (χ0v) is 17.4. The van der Waals surface area contributed by atoms with Gasteiger partial charge in [0.2, 0.25) is 10.0 Å². The first-order valence-corrected chi connectivity index (χ1v) is 10.9. The lowest BCUT2D eigenvalue weighted by Gasteiger charge is -2.26. The number of carbonyl (C=O) groups excluding carboxylic acids is 2. The third-order valence-electron chi connectivity index (χ3n) is 4.32. The third kappa shape index (κ3) is 5.45. The van der Waals surface area contributed by atoms with E-state index in [1.165, 1.54) is 40.7 Å². The summed E-state index contributed by atoms with van der Waals surface area (Å²) in [7, 11) is -3.73. The standard InChI is InChI=1S/C20H20ClN3O5S/c21-18-7-2-1-4-15(18)8-9-19(25)22-23-20(26)16-5-3-6-17(14-16)30(27,28)24-10-12-29-13-11-24/h1-9,14H,10-13H2,(H,22,25)(H,23,26)/b9-8+. The van der Waals surface area contributed by atoms with Crippen LogP contribution in [0.2, 0.25) is 5.02 Å². The molecule has 1 aliphatic rings. The highest BCUT2D eigenvalue weighted by molar-refractivity contribution is 7.89. The molecule has 1 fully saturated rings. The first-order valence-electron chi connectivity index (χ1n) is 9.09. The lowest BCUT2D eigenvalue weighted by atomic mass is 10.2. The highest BCUT2D eigenvalue weighted by Crippen LogP contribution is 2.18. The van der Waals surface area contributed by atoms with Gasteiger partial charge in [-0.3, -0.25) is 20.4 Å². The van der Waals surface area contributed by atoms with Crippen molar-refractivity contribution in [2.24, 2.45) is 0 Å². The van der Waals surface area contributed by atoms with Crippen LogP contribution in [0.1, 0.15) is 15.9 Å². The molecule has 2 amide bonds. The number of nitrogens with one attached hydrogen (secondary N) is 2. The molecule has 0 unspecified atom stereocenters. The number of rotatable bonds is 5. The van der Waals surface area contributed by atoms with Gasteiger partial charge in [0.1, 0.15) is 0 Å². The second-order valence-corrected chi connectivity index (χ2v) is 8.69. The fourth-order valence-corrected chi connectivity index (χ4v) is 4.39. The van der Waals surface area contributed by atoms with Gasteiger partial charge in [0, 0.05) is 29.8 Å². The van der Waals surface area contributed by atoms with E-state index in [-0.39, 0.29) is 23.5 Å². The summed E-state index contributed by atoms with van der Waals surface area (Å²) in [5.41, 5.74) is 5.26. The Morgan fingerprint density at radius 3 is 2.50 bits per heavy atom. The van der Waals surface area contributed by atoms with Crippen LogP contribution in [0.25, 0.3) is 6.08 Å². The molecular weight excluding hydrogens is 430 g/mol. The van der Waals surface area contributed by atoms with Crippen molar-refractivity contribution < 1.29 is 22.7 Å².